The second-order valence-corrected chi connectivity index (χ2v) is 2.78. The Hall–Kier alpha value is -1.63. The van der Waals surface area contributed by atoms with E-state index in [4.69, 9.17) is 5.26 Å². The average molecular weight is 177 g/mol. The van der Waals surface area contributed by atoms with Crippen LogP contribution in [0.25, 0.3) is 0 Å². The summed E-state index contributed by atoms with van der Waals surface area (Å²) in [5.74, 6) is 0.432. The summed E-state index contributed by atoms with van der Waals surface area (Å²) in [5.41, 5.74) is 0. The largest absolute Gasteiger partial charge is 0.315 e. The van der Waals surface area contributed by atoms with E-state index in [1.54, 1.807) is 10.8 Å². The van der Waals surface area contributed by atoms with Gasteiger partial charge in [0.1, 0.15) is 6.07 Å². The highest BCUT2D eigenvalue weighted by atomic mass is 16.1. The van der Waals surface area contributed by atoms with Crippen LogP contribution in [0.4, 0.5) is 0 Å². The molecule has 0 aromatic carbocycles. The van der Waals surface area contributed by atoms with E-state index in [1.165, 1.54) is 6.20 Å². The van der Waals surface area contributed by atoms with Crippen LogP contribution in [-0.4, -0.2) is 15.3 Å². The Morgan fingerprint density at radius 3 is 3.15 bits per heavy atom. The van der Waals surface area contributed by atoms with Crippen molar-refractivity contribution in [1.82, 2.24) is 9.55 Å². The first-order valence-corrected chi connectivity index (χ1v) is 4.21. The smallest absolute Gasteiger partial charge is 0.213 e. The quantitative estimate of drug-likeness (QED) is 0.692. The molecule has 0 bridgehead atoms. The highest BCUT2D eigenvalue weighted by molar-refractivity contribution is 5.78. The maximum atomic E-state index is 11.2. The van der Waals surface area contributed by atoms with Gasteiger partial charge in [-0.25, -0.2) is 4.98 Å². The van der Waals surface area contributed by atoms with Crippen LogP contribution < -0.4 is 0 Å². The van der Waals surface area contributed by atoms with Gasteiger partial charge in [-0.1, -0.05) is 6.92 Å². The molecule has 0 saturated heterocycles. The molecule has 0 fully saturated rings. The molecule has 4 heteroatoms. The number of rotatable bonds is 4. The third-order valence-corrected chi connectivity index (χ3v) is 1.69. The van der Waals surface area contributed by atoms with Crippen LogP contribution in [0.5, 0.6) is 0 Å². The van der Waals surface area contributed by atoms with Gasteiger partial charge in [0.2, 0.25) is 5.82 Å². The van der Waals surface area contributed by atoms with E-state index in [9.17, 15) is 4.79 Å². The van der Waals surface area contributed by atoms with Crippen molar-refractivity contribution in [2.24, 2.45) is 0 Å². The van der Waals surface area contributed by atoms with Crippen molar-refractivity contribution in [2.45, 2.75) is 26.3 Å². The fourth-order valence-electron chi connectivity index (χ4n) is 1.10. The fraction of sp³-hybridized carbons (Fsp3) is 0.444. The summed E-state index contributed by atoms with van der Waals surface area (Å²) in [5, 5.41) is 8.61. The lowest BCUT2D eigenvalue weighted by molar-refractivity contribution is -0.119. The van der Waals surface area contributed by atoms with Gasteiger partial charge in [0.25, 0.3) is 0 Å². The Morgan fingerprint density at radius 1 is 1.77 bits per heavy atom. The van der Waals surface area contributed by atoms with Gasteiger partial charge >= 0.3 is 0 Å². The maximum absolute atomic E-state index is 11.2. The van der Waals surface area contributed by atoms with Crippen molar-refractivity contribution < 1.29 is 4.79 Å². The first-order valence-electron chi connectivity index (χ1n) is 4.21. The molecule has 0 aliphatic carbocycles. The van der Waals surface area contributed by atoms with Gasteiger partial charge < -0.3 is 4.57 Å². The topological polar surface area (TPSA) is 58.7 Å². The molecule has 13 heavy (non-hydrogen) atoms. The normalized spacial score (nSPS) is 9.54. The van der Waals surface area contributed by atoms with Gasteiger partial charge in [-0.3, -0.25) is 4.79 Å². The van der Waals surface area contributed by atoms with E-state index in [-0.39, 0.29) is 12.3 Å². The lowest BCUT2D eigenvalue weighted by Crippen LogP contribution is -2.10. The number of nitriles is 1. The molecule has 1 aromatic rings. The highest BCUT2D eigenvalue weighted by Gasteiger charge is 2.05. The van der Waals surface area contributed by atoms with Gasteiger partial charge in [0.15, 0.2) is 5.78 Å². The third kappa shape index (κ3) is 2.41. The Morgan fingerprint density at radius 2 is 2.54 bits per heavy atom. The number of carbonyl (C=O) groups excluding carboxylic acids is 1. The molecule has 0 aliphatic rings. The molecular formula is C9H11N3O. The molecule has 1 heterocycles. The van der Waals surface area contributed by atoms with E-state index >= 15 is 0 Å². The third-order valence-electron chi connectivity index (χ3n) is 1.69. The van der Waals surface area contributed by atoms with Crippen molar-refractivity contribution in [1.29, 1.82) is 5.26 Å². The molecule has 0 spiro atoms. The second kappa shape index (κ2) is 4.41. The maximum Gasteiger partial charge on any atom is 0.213 e. The number of Topliss-reactive ketones (excluding diaryl/α,β-unsaturated/α-hetero) is 1. The predicted molar refractivity (Wildman–Crippen MR) is 46.9 cm³/mol. The van der Waals surface area contributed by atoms with Crippen molar-refractivity contribution in [3.8, 4) is 6.07 Å². The molecule has 0 N–H and O–H groups in total. The van der Waals surface area contributed by atoms with E-state index in [1.807, 2.05) is 13.0 Å². The molecule has 0 atom stereocenters. The number of hydrogen-bond acceptors (Lipinski definition) is 3. The van der Waals surface area contributed by atoms with Gasteiger partial charge in [-0.15, -0.1) is 0 Å². The summed E-state index contributed by atoms with van der Waals surface area (Å²) >= 11 is 0. The van der Waals surface area contributed by atoms with Crippen molar-refractivity contribution in [2.75, 3.05) is 0 Å². The summed E-state index contributed by atoms with van der Waals surface area (Å²) in [6.45, 7) is 2.22. The molecule has 4 nitrogen and oxygen atoms in total. The number of nitrogens with zero attached hydrogens (tertiary/aromatic N) is 3. The van der Waals surface area contributed by atoms with Crippen LogP contribution in [0, 0.1) is 11.3 Å². The summed E-state index contributed by atoms with van der Waals surface area (Å²) in [7, 11) is 0. The number of imidazole rings is 1. The molecule has 0 unspecified atom stereocenters. The second-order valence-electron chi connectivity index (χ2n) is 2.78. The molecule has 1 rings (SSSR count). The van der Waals surface area contributed by atoms with Gasteiger partial charge in [-0.2, -0.15) is 5.26 Å². The van der Waals surface area contributed by atoms with Crippen LogP contribution in [0.15, 0.2) is 12.4 Å². The lowest BCUT2D eigenvalue weighted by Gasteiger charge is -2.00. The van der Waals surface area contributed by atoms with Crippen molar-refractivity contribution in [3.05, 3.63) is 18.2 Å². The summed E-state index contributed by atoms with van der Waals surface area (Å²) in [6, 6.07) is 1.92. The number of carbonyl (C=O) groups is 1. The summed E-state index contributed by atoms with van der Waals surface area (Å²) in [4.78, 5) is 15.0. The van der Waals surface area contributed by atoms with Crippen molar-refractivity contribution in [3.63, 3.8) is 0 Å². The molecule has 1 aromatic heterocycles. The average Bonchev–Trinajstić information content (AvgIpc) is 2.52. The lowest BCUT2D eigenvalue weighted by atomic mass is 10.2. The van der Waals surface area contributed by atoms with Gasteiger partial charge in [0.05, 0.1) is 6.54 Å². The first kappa shape index (κ1) is 9.46. The van der Waals surface area contributed by atoms with Crippen LogP contribution >= 0.6 is 0 Å². The minimum Gasteiger partial charge on any atom is -0.315 e. The minimum atomic E-state index is 0.136. The van der Waals surface area contributed by atoms with E-state index < -0.39 is 0 Å². The molecule has 68 valence electrons. The number of ketones is 1. The van der Waals surface area contributed by atoms with Gasteiger partial charge in [-0.05, 0) is 6.42 Å². The monoisotopic (exact) mass is 177 g/mol. The number of aromatic nitrogens is 2. The molecular weight excluding hydrogens is 166 g/mol. The summed E-state index contributed by atoms with van der Waals surface area (Å²) in [6.07, 6.45) is 4.57. The van der Waals surface area contributed by atoms with Crippen LogP contribution in [0.1, 0.15) is 25.6 Å². The predicted octanol–water partition coefficient (Wildman–Crippen LogP) is 1.12. The van der Waals surface area contributed by atoms with E-state index in [0.29, 0.717) is 12.2 Å². The molecule has 0 radical (unpaired) electrons. The van der Waals surface area contributed by atoms with E-state index in [2.05, 4.69) is 4.98 Å². The van der Waals surface area contributed by atoms with Crippen LogP contribution in [0.3, 0.4) is 0 Å². The van der Waals surface area contributed by atoms with Crippen LogP contribution in [0.2, 0.25) is 0 Å². The summed E-state index contributed by atoms with van der Waals surface area (Å²) < 4.78 is 1.57. The van der Waals surface area contributed by atoms with Crippen LogP contribution in [-0.2, 0) is 11.3 Å². The SMILES string of the molecule is CCCC(=O)Cn1ccnc1C#N. The fourth-order valence-corrected chi connectivity index (χ4v) is 1.10. The highest BCUT2D eigenvalue weighted by Crippen LogP contribution is 1.98. The Balaban J connectivity index is 2.64. The molecule has 0 saturated carbocycles. The Kier molecular flexibility index (Phi) is 3.21. The zero-order chi connectivity index (χ0) is 9.68. The molecule has 0 aliphatic heterocycles. The van der Waals surface area contributed by atoms with Gasteiger partial charge in [0, 0.05) is 18.8 Å². The zero-order valence-electron chi connectivity index (χ0n) is 7.53. The Bertz CT molecular complexity index is 335. The first-order chi connectivity index (χ1) is 6.27. The molecule has 0 amide bonds. The van der Waals surface area contributed by atoms with Crippen molar-refractivity contribution >= 4 is 5.78 Å². The van der Waals surface area contributed by atoms with E-state index in [0.717, 1.165) is 6.42 Å². The minimum absolute atomic E-state index is 0.136. The Labute approximate surface area is 76.8 Å². The zero-order valence-corrected chi connectivity index (χ0v) is 7.53. The standard InChI is InChI=1S/C9H11N3O/c1-2-3-8(13)7-12-5-4-11-9(12)6-10/h4-5H,2-3,7H2,1H3. The number of hydrogen-bond donors (Lipinski definition) is 0.